The van der Waals surface area contributed by atoms with E-state index in [1.807, 2.05) is 41.3 Å². The summed E-state index contributed by atoms with van der Waals surface area (Å²) in [7, 11) is 0. The molecule has 0 radical (unpaired) electrons. The van der Waals surface area contributed by atoms with E-state index in [2.05, 4.69) is 4.98 Å². The summed E-state index contributed by atoms with van der Waals surface area (Å²) in [6, 6.07) is 11.3. The van der Waals surface area contributed by atoms with Crippen molar-refractivity contribution in [2.45, 2.75) is 38.4 Å². The third kappa shape index (κ3) is 3.87. The van der Waals surface area contributed by atoms with Crippen molar-refractivity contribution in [3.63, 3.8) is 0 Å². The Morgan fingerprint density at radius 1 is 1.35 bits per heavy atom. The van der Waals surface area contributed by atoms with E-state index in [0.717, 1.165) is 24.2 Å². The number of carboxylic acid groups (broad SMARTS) is 1. The number of ether oxygens (including phenoxy) is 1. The van der Waals surface area contributed by atoms with Crippen molar-refractivity contribution in [2.75, 3.05) is 0 Å². The highest BCUT2D eigenvalue weighted by atomic mass is 16.5. The first-order valence-corrected chi connectivity index (χ1v) is 7.79. The van der Waals surface area contributed by atoms with Crippen LogP contribution in [0.1, 0.15) is 25.3 Å². The number of carbonyl (C=O) groups is 1. The van der Waals surface area contributed by atoms with E-state index in [-0.39, 0.29) is 0 Å². The van der Waals surface area contributed by atoms with Crippen LogP contribution >= 0.6 is 0 Å². The second-order valence-electron chi connectivity index (χ2n) is 5.82. The van der Waals surface area contributed by atoms with Crippen LogP contribution in [0.5, 0.6) is 11.5 Å². The number of hydrogen-bond donors (Lipinski definition) is 1. The lowest BCUT2D eigenvalue weighted by molar-refractivity contribution is -0.143. The molecule has 0 saturated heterocycles. The van der Waals surface area contributed by atoms with Gasteiger partial charge in [0.05, 0.1) is 6.20 Å². The second kappa shape index (κ2) is 6.79. The standard InChI is InChI=1S/C18H20N2O3/c1-13(18(21)22)20(15-8-9-15)12-14-5-2-3-7-17(14)23-16-6-4-10-19-11-16/h2-7,10-11,13,15H,8-9,12H2,1H3,(H,21,22). The SMILES string of the molecule is CC(C(=O)O)N(Cc1ccccc1Oc1cccnc1)C1CC1. The minimum atomic E-state index is -0.789. The normalized spacial score (nSPS) is 15.4. The third-order valence-corrected chi connectivity index (χ3v) is 4.06. The average Bonchev–Trinajstić information content (AvgIpc) is 3.39. The molecular weight excluding hydrogens is 292 g/mol. The quantitative estimate of drug-likeness (QED) is 0.850. The minimum absolute atomic E-state index is 0.354. The number of para-hydroxylation sites is 1. The molecule has 1 saturated carbocycles. The van der Waals surface area contributed by atoms with Gasteiger partial charge < -0.3 is 9.84 Å². The molecule has 120 valence electrons. The summed E-state index contributed by atoms with van der Waals surface area (Å²) in [5.74, 6) is 0.621. The zero-order valence-electron chi connectivity index (χ0n) is 13.1. The molecule has 0 bridgehead atoms. The molecule has 1 aromatic carbocycles. The maximum Gasteiger partial charge on any atom is 0.320 e. The molecule has 1 aliphatic rings. The fraction of sp³-hybridized carbons (Fsp3) is 0.333. The summed E-state index contributed by atoms with van der Waals surface area (Å²) in [6.45, 7) is 2.31. The van der Waals surface area contributed by atoms with Gasteiger partial charge in [-0.3, -0.25) is 14.7 Å². The van der Waals surface area contributed by atoms with Crippen molar-refractivity contribution in [1.29, 1.82) is 0 Å². The molecule has 2 aromatic rings. The number of carboxylic acids is 1. The van der Waals surface area contributed by atoms with Crippen LogP contribution in [0, 0.1) is 0 Å². The lowest BCUT2D eigenvalue weighted by atomic mass is 10.1. The van der Waals surface area contributed by atoms with Crippen LogP contribution in [-0.2, 0) is 11.3 Å². The molecule has 0 spiro atoms. The van der Waals surface area contributed by atoms with E-state index in [0.29, 0.717) is 18.3 Å². The van der Waals surface area contributed by atoms with Crippen molar-refractivity contribution >= 4 is 5.97 Å². The largest absolute Gasteiger partial charge is 0.480 e. The van der Waals surface area contributed by atoms with Crippen LogP contribution in [-0.4, -0.2) is 33.0 Å². The lowest BCUT2D eigenvalue weighted by Crippen LogP contribution is -2.40. The second-order valence-corrected chi connectivity index (χ2v) is 5.82. The summed E-state index contributed by atoms with van der Waals surface area (Å²) in [5.41, 5.74) is 0.983. The highest BCUT2D eigenvalue weighted by Crippen LogP contribution is 2.33. The number of rotatable bonds is 7. The summed E-state index contributed by atoms with van der Waals surface area (Å²) < 4.78 is 5.91. The van der Waals surface area contributed by atoms with Crippen LogP contribution in [0.2, 0.25) is 0 Å². The zero-order chi connectivity index (χ0) is 16.2. The number of aromatic nitrogens is 1. The molecule has 5 heteroatoms. The van der Waals surface area contributed by atoms with Gasteiger partial charge in [0.1, 0.15) is 17.5 Å². The Morgan fingerprint density at radius 3 is 2.78 bits per heavy atom. The number of benzene rings is 1. The molecule has 5 nitrogen and oxygen atoms in total. The van der Waals surface area contributed by atoms with E-state index < -0.39 is 12.0 Å². The molecule has 23 heavy (non-hydrogen) atoms. The van der Waals surface area contributed by atoms with Gasteiger partial charge in [-0.1, -0.05) is 18.2 Å². The first-order valence-electron chi connectivity index (χ1n) is 7.79. The van der Waals surface area contributed by atoms with Gasteiger partial charge in [-0.2, -0.15) is 0 Å². The lowest BCUT2D eigenvalue weighted by Gasteiger charge is -2.27. The van der Waals surface area contributed by atoms with Crippen LogP contribution in [0.4, 0.5) is 0 Å². The molecule has 1 atom stereocenters. The van der Waals surface area contributed by atoms with E-state index in [9.17, 15) is 9.90 Å². The summed E-state index contributed by atoms with van der Waals surface area (Å²) in [6.07, 6.45) is 5.48. The Morgan fingerprint density at radius 2 is 2.13 bits per heavy atom. The maximum atomic E-state index is 11.4. The van der Waals surface area contributed by atoms with Crippen LogP contribution < -0.4 is 4.74 Å². The number of nitrogens with zero attached hydrogens (tertiary/aromatic N) is 2. The third-order valence-electron chi connectivity index (χ3n) is 4.06. The summed E-state index contributed by atoms with van der Waals surface area (Å²) in [5, 5.41) is 9.33. The van der Waals surface area contributed by atoms with Gasteiger partial charge in [0.25, 0.3) is 0 Å². The molecular formula is C18H20N2O3. The molecule has 1 heterocycles. The molecule has 1 fully saturated rings. The monoisotopic (exact) mass is 312 g/mol. The van der Waals surface area contributed by atoms with Crippen molar-refractivity contribution in [3.05, 3.63) is 54.4 Å². The van der Waals surface area contributed by atoms with Gasteiger partial charge in [-0.25, -0.2) is 0 Å². The Balaban J connectivity index is 1.80. The predicted octanol–water partition coefficient (Wildman–Crippen LogP) is 3.31. The van der Waals surface area contributed by atoms with Crippen LogP contribution in [0.3, 0.4) is 0 Å². The number of aliphatic carboxylic acids is 1. The van der Waals surface area contributed by atoms with Gasteiger partial charge in [-0.05, 0) is 38.0 Å². The highest BCUT2D eigenvalue weighted by molar-refractivity contribution is 5.73. The van der Waals surface area contributed by atoms with Crippen molar-refractivity contribution in [3.8, 4) is 11.5 Å². The molecule has 0 aliphatic heterocycles. The smallest absolute Gasteiger partial charge is 0.320 e. The van der Waals surface area contributed by atoms with Crippen LogP contribution in [0.25, 0.3) is 0 Å². The Hall–Kier alpha value is -2.40. The Bertz CT molecular complexity index is 671. The van der Waals surface area contributed by atoms with Crippen molar-refractivity contribution in [2.24, 2.45) is 0 Å². The zero-order valence-corrected chi connectivity index (χ0v) is 13.1. The Labute approximate surface area is 135 Å². The van der Waals surface area contributed by atoms with E-state index >= 15 is 0 Å². The molecule has 1 N–H and O–H groups in total. The first kappa shape index (κ1) is 15.5. The highest BCUT2D eigenvalue weighted by Gasteiger charge is 2.35. The predicted molar refractivity (Wildman–Crippen MR) is 86.4 cm³/mol. The average molecular weight is 312 g/mol. The molecule has 3 rings (SSSR count). The number of pyridine rings is 1. The molecule has 1 aliphatic carbocycles. The molecule has 0 amide bonds. The fourth-order valence-corrected chi connectivity index (χ4v) is 2.60. The number of hydrogen-bond acceptors (Lipinski definition) is 4. The summed E-state index contributed by atoms with van der Waals surface area (Å²) >= 11 is 0. The van der Waals surface area contributed by atoms with Gasteiger partial charge in [-0.15, -0.1) is 0 Å². The van der Waals surface area contributed by atoms with E-state index in [4.69, 9.17) is 4.74 Å². The van der Waals surface area contributed by atoms with Gasteiger partial charge in [0.15, 0.2) is 0 Å². The first-order chi connectivity index (χ1) is 11.1. The maximum absolute atomic E-state index is 11.4. The minimum Gasteiger partial charge on any atom is -0.480 e. The van der Waals surface area contributed by atoms with Gasteiger partial charge in [0.2, 0.25) is 0 Å². The Kier molecular flexibility index (Phi) is 4.57. The van der Waals surface area contributed by atoms with Crippen LogP contribution in [0.15, 0.2) is 48.8 Å². The van der Waals surface area contributed by atoms with E-state index in [1.165, 1.54) is 0 Å². The fourth-order valence-electron chi connectivity index (χ4n) is 2.60. The van der Waals surface area contributed by atoms with E-state index in [1.54, 1.807) is 19.3 Å². The van der Waals surface area contributed by atoms with Crippen molar-refractivity contribution < 1.29 is 14.6 Å². The van der Waals surface area contributed by atoms with Gasteiger partial charge >= 0.3 is 5.97 Å². The van der Waals surface area contributed by atoms with Gasteiger partial charge in [0, 0.05) is 24.3 Å². The molecule has 1 unspecified atom stereocenters. The summed E-state index contributed by atoms with van der Waals surface area (Å²) in [4.78, 5) is 17.4. The topological polar surface area (TPSA) is 62.7 Å². The molecule has 1 aromatic heterocycles. The van der Waals surface area contributed by atoms with Crippen molar-refractivity contribution in [1.82, 2.24) is 9.88 Å².